The summed E-state index contributed by atoms with van der Waals surface area (Å²) in [6.45, 7) is 0.645. The molecule has 0 N–H and O–H groups in total. The van der Waals surface area contributed by atoms with E-state index in [0.717, 1.165) is 23.1 Å². The van der Waals surface area contributed by atoms with Crippen molar-refractivity contribution in [3.05, 3.63) is 71.4 Å². The van der Waals surface area contributed by atoms with Gasteiger partial charge in [0.15, 0.2) is 0 Å². The van der Waals surface area contributed by atoms with Crippen molar-refractivity contribution in [2.75, 3.05) is 6.61 Å². The Labute approximate surface area is 123 Å². The minimum atomic E-state index is 0.645. The van der Waals surface area contributed by atoms with Crippen LogP contribution in [0.2, 0.25) is 5.02 Å². The molecule has 0 spiro atoms. The molecule has 3 aromatic rings. The molecule has 3 rings (SSSR count). The van der Waals surface area contributed by atoms with E-state index in [1.165, 1.54) is 5.56 Å². The number of rotatable bonds is 4. The van der Waals surface area contributed by atoms with Gasteiger partial charge in [0, 0.05) is 23.0 Å². The van der Waals surface area contributed by atoms with Crippen LogP contribution >= 0.6 is 11.6 Å². The van der Waals surface area contributed by atoms with Gasteiger partial charge in [-0.15, -0.1) is 0 Å². The molecule has 2 aromatic carbocycles. The van der Waals surface area contributed by atoms with E-state index in [4.69, 9.17) is 16.3 Å². The summed E-state index contributed by atoms with van der Waals surface area (Å²) in [6, 6.07) is 17.9. The van der Waals surface area contributed by atoms with Gasteiger partial charge in [-0.2, -0.15) is 0 Å². The lowest BCUT2D eigenvalue weighted by Gasteiger charge is -2.09. The lowest BCUT2D eigenvalue weighted by atomic mass is 10.2. The Morgan fingerprint density at radius 2 is 1.85 bits per heavy atom. The summed E-state index contributed by atoms with van der Waals surface area (Å²) in [4.78, 5) is 4.30. The normalized spacial score (nSPS) is 10.7. The van der Waals surface area contributed by atoms with Crippen molar-refractivity contribution >= 4 is 22.5 Å². The van der Waals surface area contributed by atoms with Crippen molar-refractivity contribution < 1.29 is 4.74 Å². The second-order valence-corrected chi connectivity index (χ2v) is 4.99. The first kappa shape index (κ1) is 12.9. The van der Waals surface area contributed by atoms with Gasteiger partial charge in [-0.05, 0) is 29.8 Å². The summed E-state index contributed by atoms with van der Waals surface area (Å²) >= 11 is 5.97. The maximum atomic E-state index is 5.97. The van der Waals surface area contributed by atoms with E-state index < -0.39 is 0 Å². The number of nitrogens with zero attached hydrogens (tertiary/aromatic N) is 1. The highest BCUT2D eigenvalue weighted by Crippen LogP contribution is 2.26. The zero-order valence-corrected chi connectivity index (χ0v) is 11.7. The maximum absolute atomic E-state index is 5.97. The van der Waals surface area contributed by atoms with Crippen LogP contribution in [0, 0.1) is 0 Å². The Morgan fingerprint density at radius 3 is 2.70 bits per heavy atom. The smallest absolute Gasteiger partial charge is 0.130 e. The number of hydrogen-bond donors (Lipinski definition) is 0. The van der Waals surface area contributed by atoms with Crippen molar-refractivity contribution in [3.63, 3.8) is 0 Å². The van der Waals surface area contributed by atoms with Gasteiger partial charge in [0.1, 0.15) is 5.75 Å². The summed E-state index contributed by atoms with van der Waals surface area (Å²) in [5.74, 6) is 0.850. The van der Waals surface area contributed by atoms with Crippen molar-refractivity contribution in [3.8, 4) is 5.75 Å². The van der Waals surface area contributed by atoms with Crippen LogP contribution in [-0.4, -0.2) is 11.6 Å². The lowest BCUT2D eigenvalue weighted by Crippen LogP contribution is -2.01. The largest absolute Gasteiger partial charge is 0.492 e. The van der Waals surface area contributed by atoms with Crippen LogP contribution in [-0.2, 0) is 6.42 Å². The first-order valence-electron chi connectivity index (χ1n) is 6.54. The number of ether oxygens (including phenoxy) is 1. The zero-order valence-electron chi connectivity index (χ0n) is 10.9. The van der Waals surface area contributed by atoms with Gasteiger partial charge in [-0.1, -0.05) is 41.9 Å². The molecular weight excluding hydrogens is 270 g/mol. The van der Waals surface area contributed by atoms with Crippen LogP contribution in [0.1, 0.15) is 5.56 Å². The molecule has 0 aliphatic rings. The minimum absolute atomic E-state index is 0.645. The maximum Gasteiger partial charge on any atom is 0.130 e. The average molecular weight is 284 g/mol. The summed E-state index contributed by atoms with van der Waals surface area (Å²) in [7, 11) is 0. The number of pyridine rings is 1. The monoisotopic (exact) mass is 283 g/mol. The summed E-state index contributed by atoms with van der Waals surface area (Å²) in [5, 5.41) is 1.68. The van der Waals surface area contributed by atoms with Gasteiger partial charge in [0.05, 0.1) is 12.1 Å². The van der Waals surface area contributed by atoms with Crippen LogP contribution in [0.3, 0.4) is 0 Å². The lowest BCUT2D eigenvalue weighted by molar-refractivity contribution is 0.325. The van der Waals surface area contributed by atoms with E-state index in [1.807, 2.05) is 42.5 Å². The van der Waals surface area contributed by atoms with Crippen LogP contribution in [0.4, 0.5) is 0 Å². The third-order valence-corrected chi connectivity index (χ3v) is 3.39. The Bertz CT molecular complexity index is 713. The van der Waals surface area contributed by atoms with Crippen LogP contribution in [0.25, 0.3) is 10.9 Å². The predicted octanol–water partition coefficient (Wildman–Crippen LogP) is 4.51. The van der Waals surface area contributed by atoms with E-state index in [2.05, 4.69) is 17.1 Å². The molecule has 1 aromatic heterocycles. The number of benzene rings is 2. The molecule has 20 heavy (non-hydrogen) atoms. The Balaban J connectivity index is 1.74. The average Bonchev–Trinajstić information content (AvgIpc) is 2.48. The second-order valence-electron chi connectivity index (χ2n) is 4.55. The van der Waals surface area contributed by atoms with Gasteiger partial charge in [0.2, 0.25) is 0 Å². The topological polar surface area (TPSA) is 22.1 Å². The third-order valence-electron chi connectivity index (χ3n) is 3.16. The molecule has 0 saturated heterocycles. The fourth-order valence-electron chi connectivity index (χ4n) is 2.14. The number of fused-ring (bicyclic) bond motifs is 1. The zero-order chi connectivity index (χ0) is 13.8. The molecule has 0 aliphatic carbocycles. The van der Waals surface area contributed by atoms with E-state index >= 15 is 0 Å². The third kappa shape index (κ3) is 2.91. The first-order chi connectivity index (χ1) is 9.83. The van der Waals surface area contributed by atoms with Gasteiger partial charge < -0.3 is 4.74 Å². The highest BCUT2D eigenvalue weighted by atomic mass is 35.5. The highest BCUT2D eigenvalue weighted by molar-refractivity contribution is 6.31. The van der Waals surface area contributed by atoms with Gasteiger partial charge in [-0.3, -0.25) is 4.98 Å². The van der Waals surface area contributed by atoms with Crippen molar-refractivity contribution in [2.24, 2.45) is 0 Å². The van der Waals surface area contributed by atoms with E-state index in [1.54, 1.807) is 6.20 Å². The molecule has 0 fully saturated rings. The molecule has 0 amide bonds. The Hall–Kier alpha value is -2.06. The summed E-state index contributed by atoms with van der Waals surface area (Å²) in [5.41, 5.74) is 2.13. The Kier molecular flexibility index (Phi) is 3.84. The number of halogens is 1. The predicted molar refractivity (Wildman–Crippen MR) is 82.4 cm³/mol. The fourth-order valence-corrected chi connectivity index (χ4v) is 2.31. The van der Waals surface area contributed by atoms with Crippen molar-refractivity contribution in [2.45, 2.75) is 6.42 Å². The molecule has 2 nitrogen and oxygen atoms in total. The highest BCUT2D eigenvalue weighted by Gasteiger charge is 2.03. The molecule has 0 atom stereocenters. The minimum Gasteiger partial charge on any atom is -0.492 e. The molecule has 100 valence electrons. The first-order valence-corrected chi connectivity index (χ1v) is 6.92. The summed E-state index contributed by atoms with van der Waals surface area (Å²) in [6.07, 6.45) is 2.63. The van der Waals surface area contributed by atoms with Crippen LogP contribution in [0.5, 0.6) is 5.75 Å². The molecule has 0 aliphatic heterocycles. The van der Waals surface area contributed by atoms with Crippen LogP contribution < -0.4 is 4.74 Å². The fraction of sp³-hybridized carbons (Fsp3) is 0.118. The quantitative estimate of drug-likeness (QED) is 0.703. The molecule has 1 heterocycles. The molecule has 0 bridgehead atoms. The van der Waals surface area contributed by atoms with Gasteiger partial charge >= 0.3 is 0 Å². The van der Waals surface area contributed by atoms with Crippen molar-refractivity contribution in [1.82, 2.24) is 4.98 Å². The standard InChI is InChI=1S/C17H14ClNO/c18-14-6-7-15-16(12-14)19-10-8-17(15)20-11-9-13-4-2-1-3-5-13/h1-8,10,12H,9,11H2. The molecular formula is C17H14ClNO. The molecule has 0 saturated carbocycles. The van der Waals surface area contributed by atoms with E-state index in [-0.39, 0.29) is 0 Å². The van der Waals surface area contributed by atoms with Crippen LogP contribution in [0.15, 0.2) is 60.8 Å². The van der Waals surface area contributed by atoms with Gasteiger partial charge in [-0.25, -0.2) is 0 Å². The number of hydrogen-bond acceptors (Lipinski definition) is 2. The summed E-state index contributed by atoms with van der Waals surface area (Å²) < 4.78 is 5.88. The molecule has 0 radical (unpaired) electrons. The molecule has 0 unspecified atom stereocenters. The Morgan fingerprint density at radius 1 is 1.00 bits per heavy atom. The molecule has 3 heteroatoms. The van der Waals surface area contributed by atoms with Crippen molar-refractivity contribution in [1.29, 1.82) is 0 Å². The second kappa shape index (κ2) is 5.93. The van der Waals surface area contributed by atoms with Gasteiger partial charge in [0.25, 0.3) is 0 Å². The number of aromatic nitrogens is 1. The SMILES string of the molecule is Clc1ccc2c(OCCc3ccccc3)ccnc2c1. The van der Waals surface area contributed by atoms with E-state index in [9.17, 15) is 0 Å². The van der Waals surface area contributed by atoms with E-state index in [0.29, 0.717) is 11.6 Å².